The molecule has 166 valence electrons. The summed E-state index contributed by atoms with van der Waals surface area (Å²) in [6, 6.07) is 11.3. The fourth-order valence-electron chi connectivity index (χ4n) is 3.83. The van der Waals surface area contributed by atoms with Crippen LogP contribution in [0.5, 0.6) is 0 Å². The Morgan fingerprint density at radius 3 is 2.65 bits per heavy atom. The molecule has 2 aromatic rings. The number of nitrogens with zero attached hydrogens (tertiary/aromatic N) is 2. The summed E-state index contributed by atoms with van der Waals surface area (Å²) in [7, 11) is 3.22. The molecule has 3 amide bonds. The first-order valence-electron chi connectivity index (χ1n) is 10.3. The van der Waals surface area contributed by atoms with Crippen LogP contribution in [0, 0.1) is 12.8 Å². The molecule has 7 nitrogen and oxygen atoms in total. The van der Waals surface area contributed by atoms with Gasteiger partial charge in [-0.1, -0.05) is 23.8 Å². The number of hydrogen-bond acceptors (Lipinski definition) is 5. The second kappa shape index (κ2) is 10.5. The fraction of sp³-hybridized carbons (Fsp3) is 0.435. The van der Waals surface area contributed by atoms with Gasteiger partial charge in [-0.15, -0.1) is 11.3 Å². The maximum absolute atomic E-state index is 13.3. The Balaban J connectivity index is 1.76. The quantitative estimate of drug-likeness (QED) is 0.605. The van der Waals surface area contributed by atoms with Gasteiger partial charge in [0.15, 0.2) is 0 Å². The van der Waals surface area contributed by atoms with Gasteiger partial charge in [0.2, 0.25) is 17.7 Å². The number of nitrogens with one attached hydrogen (secondary N) is 1. The molecular weight excluding hydrogens is 414 g/mol. The summed E-state index contributed by atoms with van der Waals surface area (Å²) in [5.74, 6) is -1.05. The molecule has 31 heavy (non-hydrogen) atoms. The molecular formula is C23H29N3O4S. The second-order valence-corrected chi connectivity index (χ2v) is 8.74. The molecule has 1 aliphatic heterocycles. The van der Waals surface area contributed by atoms with Crippen LogP contribution in [0.15, 0.2) is 41.8 Å². The molecule has 1 N–H and O–H groups in total. The van der Waals surface area contributed by atoms with Crippen LogP contribution in [-0.4, -0.2) is 56.5 Å². The first-order chi connectivity index (χ1) is 14.9. The van der Waals surface area contributed by atoms with E-state index in [0.29, 0.717) is 19.6 Å². The predicted octanol–water partition coefficient (Wildman–Crippen LogP) is 2.76. The summed E-state index contributed by atoms with van der Waals surface area (Å²) in [4.78, 5) is 42.6. The van der Waals surface area contributed by atoms with Crippen molar-refractivity contribution in [2.24, 2.45) is 5.92 Å². The molecule has 0 saturated carbocycles. The minimum atomic E-state index is -0.543. The van der Waals surface area contributed by atoms with Gasteiger partial charge in [-0.05, 0) is 36.9 Å². The van der Waals surface area contributed by atoms with Gasteiger partial charge in [0, 0.05) is 44.3 Å². The molecule has 8 heteroatoms. The lowest BCUT2D eigenvalue weighted by Crippen LogP contribution is -2.42. The average molecular weight is 444 g/mol. The van der Waals surface area contributed by atoms with Crippen molar-refractivity contribution >= 4 is 34.7 Å². The van der Waals surface area contributed by atoms with Crippen LogP contribution in [0.1, 0.15) is 29.3 Å². The molecule has 1 aromatic heterocycles. The third kappa shape index (κ3) is 5.51. The zero-order valence-corrected chi connectivity index (χ0v) is 19.0. The maximum atomic E-state index is 13.3. The number of ether oxygens (including phenoxy) is 1. The molecule has 1 saturated heterocycles. The highest BCUT2D eigenvalue weighted by molar-refractivity contribution is 7.10. The van der Waals surface area contributed by atoms with Crippen molar-refractivity contribution in [2.75, 3.05) is 38.8 Å². The van der Waals surface area contributed by atoms with Crippen molar-refractivity contribution in [3.05, 3.63) is 52.2 Å². The third-order valence-electron chi connectivity index (χ3n) is 5.39. The third-order valence-corrected chi connectivity index (χ3v) is 6.33. The highest BCUT2D eigenvalue weighted by Crippen LogP contribution is 2.43. The van der Waals surface area contributed by atoms with Crippen LogP contribution in [0.25, 0.3) is 0 Å². The molecule has 1 aliphatic rings. The molecule has 1 aromatic carbocycles. The number of thiophene rings is 1. The van der Waals surface area contributed by atoms with E-state index in [9.17, 15) is 14.4 Å². The van der Waals surface area contributed by atoms with Crippen molar-refractivity contribution in [1.82, 2.24) is 10.2 Å². The number of methoxy groups -OCH3 is 1. The summed E-state index contributed by atoms with van der Waals surface area (Å²) < 4.78 is 4.97. The maximum Gasteiger partial charge on any atom is 0.239 e. The molecule has 3 rings (SSSR count). The van der Waals surface area contributed by atoms with Gasteiger partial charge in [-0.3, -0.25) is 14.4 Å². The number of hydrogen-bond donors (Lipinski definition) is 1. The van der Waals surface area contributed by atoms with Crippen molar-refractivity contribution in [2.45, 2.75) is 25.8 Å². The van der Waals surface area contributed by atoms with E-state index in [1.54, 1.807) is 19.1 Å². The van der Waals surface area contributed by atoms with Gasteiger partial charge in [0.1, 0.15) is 0 Å². The van der Waals surface area contributed by atoms with Gasteiger partial charge in [-0.25, -0.2) is 0 Å². The Morgan fingerprint density at radius 1 is 1.26 bits per heavy atom. The normalized spacial score (nSPS) is 18.3. The zero-order chi connectivity index (χ0) is 22.4. The molecule has 0 bridgehead atoms. The Kier molecular flexibility index (Phi) is 7.81. The van der Waals surface area contributed by atoms with Crippen molar-refractivity contribution in [3.8, 4) is 0 Å². The minimum absolute atomic E-state index is 0.0435. The molecule has 2 unspecified atom stereocenters. The predicted molar refractivity (Wildman–Crippen MR) is 121 cm³/mol. The molecule has 0 aliphatic carbocycles. The zero-order valence-electron chi connectivity index (χ0n) is 18.2. The molecule has 2 heterocycles. The molecule has 0 spiro atoms. The number of amides is 3. The van der Waals surface area contributed by atoms with Gasteiger partial charge >= 0.3 is 0 Å². The van der Waals surface area contributed by atoms with Gasteiger partial charge in [0.25, 0.3) is 0 Å². The lowest BCUT2D eigenvalue weighted by atomic mass is 9.97. The summed E-state index contributed by atoms with van der Waals surface area (Å²) in [5.41, 5.74) is 1.88. The van der Waals surface area contributed by atoms with Crippen LogP contribution in [-0.2, 0) is 19.1 Å². The standard InChI is InChI=1S/C23H29N3O4S/c1-16-7-9-17(10-8-16)26-21(28)14-18(22(26)19-6-4-13-31-19)23(29)25(2)15-20(27)24-11-5-12-30-3/h4,6-10,13,18,22H,5,11-12,14-15H2,1-3H3,(H,24,27). The number of rotatable bonds is 9. The van der Waals surface area contributed by atoms with E-state index >= 15 is 0 Å². The summed E-state index contributed by atoms with van der Waals surface area (Å²) >= 11 is 1.53. The van der Waals surface area contributed by atoms with Crippen molar-refractivity contribution in [1.29, 1.82) is 0 Å². The Bertz CT molecular complexity index is 898. The number of anilines is 1. The van der Waals surface area contributed by atoms with Crippen LogP contribution in [0.3, 0.4) is 0 Å². The van der Waals surface area contributed by atoms with Crippen molar-refractivity contribution < 1.29 is 19.1 Å². The highest BCUT2D eigenvalue weighted by Gasteiger charge is 2.46. The van der Waals surface area contributed by atoms with Gasteiger partial charge in [-0.2, -0.15) is 0 Å². The SMILES string of the molecule is COCCCNC(=O)CN(C)C(=O)C1CC(=O)N(c2ccc(C)cc2)C1c1cccs1. The molecule has 2 atom stereocenters. The summed E-state index contributed by atoms with van der Waals surface area (Å²) in [6.45, 7) is 3.01. The van der Waals surface area contributed by atoms with Crippen LogP contribution in [0.2, 0.25) is 0 Å². The van der Waals surface area contributed by atoms with E-state index in [4.69, 9.17) is 4.74 Å². The van der Waals surface area contributed by atoms with Crippen LogP contribution >= 0.6 is 11.3 Å². The largest absolute Gasteiger partial charge is 0.385 e. The monoisotopic (exact) mass is 443 g/mol. The van der Waals surface area contributed by atoms with Gasteiger partial charge < -0.3 is 19.9 Å². The minimum Gasteiger partial charge on any atom is -0.385 e. The smallest absolute Gasteiger partial charge is 0.239 e. The first kappa shape index (κ1) is 23.0. The number of likely N-dealkylation sites (N-methyl/N-ethyl adjacent to an activating group) is 1. The highest BCUT2D eigenvalue weighted by atomic mass is 32.1. The lowest BCUT2D eigenvalue weighted by Gasteiger charge is -2.29. The topological polar surface area (TPSA) is 79.0 Å². The fourth-order valence-corrected chi connectivity index (χ4v) is 4.71. The summed E-state index contributed by atoms with van der Waals surface area (Å²) in [6.07, 6.45) is 0.831. The molecule has 0 radical (unpaired) electrons. The van der Waals surface area contributed by atoms with E-state index in [2.05, 4.69) is 5.32 Å². The second-order valence-electron chi connectivity index (χ2n) is 7.76. The van der Waals surface area contributed by atoms with Crippen molar-refractivity contribution in [3.63, 3.8) is 0 Å². The molecule has 1 fully saturated rings. The van der Waals surface area contributed by atoms with Crippen LogP contribution < -0.4 is 10.2 Å². The Hall–Kier alpha value is -2.71. The number of carbonyl (C=O) groups is 3. The van der Waals surface area contributed by atoms with E-state index in [-0.39, 0.29) is 36.7 Å². The Morgan fingerprint density at radius 2 is 2.00 bits per heavy atom. The summed E-state index contributed by atoms with van der Waals surface area (Å²) in [5, 5.41) is 4.74. The number of benzene rings is 1. The Labute approximate surface area is 187 Å². The van der Waals surface area contributed by atoms with E-state index in [0.717, 1.165) is 16.1 Å². The van der Waals surface area contributed by atoms with Gasteiger partial charge in [0.05, 0.1) is 18.5 Å². The average Bonchev–Trinajstić information content (AvgIpc) is 3.39. The number of aryl methyl sites for hydroxylation is 1. The van der Waals surface area contributed by atoms with E-state index in [1.165, 1.54) is 16.2 Å². The first-order valence-corrected chi connectivity index (χ1v) is 11.2. The lowest BCUT2D eigenvalue weighted by molar-refractivity contribution is -0.138. The van der Waals surface area contributed by atoms with Crippen LogP contribution in [0.4, 0.5) is 5.69 Å². The number of carbonyl (C=O) groups excluding carboxylic acids is 3. The van der Waals surface area contributed by atoms with E-state index in [1.807, 2.05) is 48.7 Å². The van der Waals surface area contributed by atoms with E-state index < -0.39 is 5.92 Å².